The minimum atomic E-state index is -3.77. The van der Waals surface area contributed by atoms with Gasteiger partial charge in [-0.3, -0.25) is 8.98 Å². The Balaban J connectivity index is 2.20. The average Bonchev–Trinajstić information content (AvgIpc) is 2.90. The summed E-state index contributed by atoms with van der Waals surface area (Å²) in [5.41, 5.74) is 1.63. The maximum absolute atomic E-state index is 12.4. The Labute approximate surface area is 137 Å². The van der Waals surface area contributed by atoms with E-state index in [1.807, 2.05) is 13.8 Å². The second-order valence-electron chi connectivity index (χ2n) is 5.83. The molecule has 23 heavy (non-hydrogen) atoms. The number of carbonyl (C=O) groups is 1. The van der Waals surface area contributed by atoms with E-state index in [1.54, 1.807) is 30.9 Å². The Morgan fingerprint density at radius 2 is 2.00 bits per heavy atom. The lowest BCUT2D eigenvalue weighted by Gasteiger charge is -2.22. The lowest BCUT2D eigenvalue weighted by Crippen LogP contribution is -2.41. The van der Waals surface area contributed by atoms with Gasteiger partial charge in [0, 0.05) is 25.2 Å². The summed E-state index contributed by atoms with van der Waals surface area (Å²) in [6.07, 6.45) is 0.0683. The van der Waals surface area contributed by atoms with Gasteiger partial charge in [-0.1, -0.05) is 0 Å². The van der Waals surface area contributed by atoms with Crippen molar-refractivity contribution in [2.45, 2.75) is 51.2 Å². The van der Waals surface area contributed by atoms with Crippen LogP contribution in [-0.4, -0.2) is 44.5 Å². The van der Waals surface area contributed by atoms with Gasteiger partial charge in [0.25, 0.3) is 10.1 Å². The van der Waals surface area contributed by atoms with E-state index in [4.69, 9.17) is 4.18 Å². The van der Waals surface area contributed by atoms with Crippen LogP contribution in [0.4, 0.5) is 5.69 Å². The van der Waals surface area contributed by atoms with Crippen LogP contribution in [0.5, 0.6) is 0 Å². The molecule has 0 radical (unpaired) electrons. The first-order valence-electron chi connectivity index (χ1n) is 7.90. The molecule has 7 heteroatoms. The van der Waals surface area contributed by atoms with E-state index in [0.29, 0.717) is 19.5 Å². The van der Waals surface area contributed by atoms with E-state index in [1.165, 1.54) is 6.07 Å². The van der Waals surface area contributed by atoms with Crippen LogP contribution in [-0.2, 0) is 25.5 Å². The molecule has 0 saturated heterocycles. The number of anilines is 1. The van der Waals surface area contributed by atoms with E-state index in [0.717, 1.165) is 11.3 Å². The Morgan fingerprint density at radius 1 is 1.35 bits per heavy atom. The molecular weight excluding hydrogens is 316 g/mol. The number of benzene rings is 1. The van der Waals surface area contributed by atoms with Gasteiger partial charge in [-0.25, -0.2) is 0 Å². The van der Waals surface area contributed by atoms with Gasteiger partial charge in [-0.2, -0.15) is 8.42 Å². The molecule has 0 bridgehead atoms. The number of carbonyl (C=O) groups excluding carboxylic acids is 1. The smallest absolute Gasteiger partial charge is 0.297 e. The number of fused-ring (bicyclic) bond motifs is 1. The maximum atomic E-state index is 12.4. The van der Waals surface area contributed by atoms with Crippen molar-refractivity contribution >= 4 is 21.7 Å². The molecule has 1 aliphatic rings. The summed E-state index contributed by atoms with van der Waals surface area (Å²) >= 11 is 0. The fourth-order valence-corrected chi connectivity index (χ4v) is 3.85. The molecular formula is C16H24N2O4S. The maximum Gasteiger partial charge on any atom is 0.297 e. The van der Waals surface area contributed by atoms with Crippen molar-refractivity contribution in [2.24, 2.45) is 0 Å². The van der Waals surface area contributed by atoms with Gasteiger partial charge in [0.05, 0.1) is 11.0 Å². The van der Waals surface area contributed by atoms with Crippen molar-refractivity contribution < 1.29 is 17.4 Å². The van der Waals surface area contributed by atoms with Crippen LogP contribution in [0.1, 0.15) is 33.3 Å². The molecule has 6 nitrogen and oxygen atoms in total. The second kappa shape index (κ2) is 6.88. The minimum absolute atomic E-state index is 0.0361. The SMILES string of the molecule is CCN(CC)C(=O)C1Cc2cc(S(=O)(=O)OC(C)C)ccc2N1. The van der Waals surface area contributed by atoms with Gasteiger partial charge >= 0.3 is 0 Å². The molecule has 0 saturated carbocycles. The van der Waals surface area contributed by atoms with Gasteiger partial charge in [-0.15, -0.1) is 0 Å². The van der Waals surface area contributed by atoms with Gasteiger partial charge in [0.15, 0.2) is 0 Å². The fourth-order valence-electron chi connectivity index (χ4n) is 2.71. The average molecular weight is 340 g/mol. The van der Waals surface area contributed by atoms with E-state index >= 15 is 0 Å². The molecule has 1 aromatic rings. The van der Waals surface area contributed by atoms with Crippen LogP contribution < -0.4 is 5.32 Å². The molecule has 0 aliphatic carbocycles. The highest BCUT2D eigenvalue weighted by molar-refractivity contribution is 7.86. The number of hydrogen-bond donors (Lipinski definition) is 1. The molecule has 128 valence electrons. The highest BCUT2D eigenvalue weighted by Crippen LogP contribution is 2.29. The third kappa shape index (κ3) is 3.84. The van der Waals surface area contributed by atoms with Gasteiger partial charge in [0.1, 0.15) is 6.04 Å². The lowest BCUT2D eigenvalue weighted by atomic mass is 10.1. The first kappa shape index (κ1) is 17.7. The van der Waals surface area contributed by atoms with Crippen LogP contribution in [0.15, 0.2) is 23.1 Å². The van der Waals surface area contributed by atoms with Crippen molar-refractivity contribution in [1.29, 1.82) is 0 Å². The third-order valence-electron chi connectivity index (χ3n) is 3.81. The number of nitrogens with one attached hydrogen (secondary N) is 1. The van der Waals surface area contributed by atoms with E-state index in [2.05, 4.69) is 5.32 Å². The zero-order chi connectivity index (χ0) is 17.2. The van der Waals surface area contributed by atoms with Crippen molar-refractivity contribution in [1.82, 2.24) is 4.90 Å². The normalized spacial score (nSPS) is 17.0. The van der Waals surface area contributed by atoms with Gasteiger partial charge in [-0.05, 0) is 51.5 Å². The van der Waals surface area contributed by atoms with Crippen LogP contribution in [0.2, 0.25) is 0 Å². The highest BCUT2D eigenvalue weighted by atomic mass is 32.2. The van der Waals surface area contributed by atoms with Crippen LogP contribution >= 0.6 is 0 Å². The first-order valence-corrected chi connectivity index (χ1v) is 9.30. The molecule has 1 atom stereocenters. The monoisotopic (exact) mass is 340 g/mol. The quantitative estimate of drug-likeness (QED) is 0.802. The van der Waals surface area contributed by atoms with E-state index < -0.39 is 16.2 Å². The summed E-state index contributed by atoms with van der Waals surface area (Å²) in [5, 5.41) is 3.18. The zero-order valence-corrected chi connectivity index (χ0v) is 14.8. The zero-order valence-electron chi connectivity index (χ0n) is 14.0. The summed E-state index contributed by atoms with van der Waals surface area (Å²) in [6.45, 7) is 8.54. The summed E-state index contributed by atoms with van der Waals surface area (Å²) in [5.74, 6) is 0.0361. The van der Waals surface area contributed by atoms with E-state index in [-0.39, 0.29) is 16.8 Å². The van der Waals surface area contributed by atoms with Crippen molar-refractivity contribution in [3.05, 3.63) is 23.8 Å². The summed E-state index contributed by atoms with van der Waals surface area (Å²) in [4.78, 5) is 14.3. The van der Waals surface area contributed by atoms with Gasteiger partial charge in [0.2, 0.25) is 5.91 Å². The predicted molar refractivity (Wildman–Crippen MR) is 88.9 cm³/mol. The Morgan fingerprint density at radius 3 is 2.57 bits per heavy atom. The molecule has 0 fully saturated rings. The topological polar surface area (TPSA) is 75.7 Å². The number of hydrogen-bond acceptors (Lipinski definition) is 5. The molecule has 1 amide bonds. The van der Waals surface area contributed by atoms with Crippen LogP contribution in [0.25, 0.3) is 0 Å². The summed E-state index contributed by atoms with van der Waals surface area (Å²) in [7, 11) is -3.77. The van der Waals surface area contributed by atoms with Crippen molar-refractivity contribution in [3.63, 3.8) is 0 Å². The Bertz CT molecular complexity index is 681. The number of amides is 1. The fraction of sp³-hybridized carbons (Fsp3) is 0.562. The molecule has 1 aromatic carbocycles. The Hall–Kier alpha value is -1.60. The summed E-state index contributed by atoms with van der Waals surface area (Å²) < 4.78 is 29.3. The largest absolute Gasteiger partial charge is 0.373 e. The Kier molecular flexibility index (Phi) is 5.31. The minimum Gasteiger partial charge on any atom is -0.373 e. The molecule has 1 N–H and O–H groups in total. The highest BCUT2D eigenvalue weighted by Gasteiger charge is 2.30. The standard InChI is InChI=1S/C16H24N2O4S/c1-5-18(6-2)16(19)15-10-12-9-13(7-8-14(12)17-15)23(20,21)22-11(3)4/h7-9,11,15,17H,5-6,10H2,1-4H3. The van der Waals surface area contributed by atoms with Crippen LogP contribution in [0, 0.1) is 0 Å². The number of rotatable bonds is 6. The number of nitrogens with zero attached hydrogens (tertiary/aromatic N) is 1. The predicted octanol–water partition coefficient (Wildman–Crippen LogP) is 2.01. The summed E-state index contributed by atoms with van der Waals surface area (Å²) in [6, 6.07) is 4.46. The number of likely N-dealkylation sites (N-methyl/N-ethyl adjacent to an activating group) is 1. The second-order valence-corrected chi connectivity index (χ2v) is 7.40. The molecule has 1 unspecified atom stereocenters. The molecule has 0 aromatic heterocycles. The third-order valence-corrected chi connectivity index (χ3v) is 5.28. The first-order chi connectivity index (χ1) is 10.8. The van der Waals surface area contributed by atoms with E-state index in [9.17, 15) is 13.2 Å². The van der Waals surface area contributed by atoms with Crippen LogP contribution in [0.3, 0.4) is 0 Å². The molecule has 1 heterocycles. The molecule has 2 rings (SSSR count). The van der Waals surface area contributed by atoms with Gasteiger partial charge < -0.3 is 10.2 Å². The molecule has 0 spiro atoms. The lowest BCUT2D eigenvalue weighted by molar-refractivity contribution is -0.131. The molecule has 1 aliphatic heterocycles. The van der Waals surface area contributed by atoms with Crippen molar-refractivity contribution in [2.75, 3.05) is 18.4 Å². The van der Waals surface area contributed by atoms with Crippen molar-refractivity contribution in [3.8, 4) is 0 Å².